The molecule has 0 unspecified atom stereocenters. The maximum absolute atomic E-state index is 12.4. The van der Waals surface area contributed by atoms with Gasteiger partial charge in [-0.25, -0.2) is 0 Å². The average molecular weight is 344 g/mol. The van der Waals surface area contributed by atoms with Crippen LogP contribution in [0.4, 0.5) is 0 Å². The molecule has 1 rings (SSSR count). The highest BCUT2D eigenvalue weighted by Crippen LogP contribution is 2.26. The van der Waals surface area contributed by atoms with Gasteiger partial charge in [0.15, 0.2) is 0 Å². The van der Waals surface area contributed by atoms with Crippen LogP contribution in [0.1, 0.15) is 58.6 Å². The van der Waals surface area contributed by atoms with Crippen molar-refractivity contribution in [3.05, 3.63) is 61.2 Å². The van der Waals surface area contributed by atoms with Crippen molar-refractivity contribution in [1.82, 2.24) is 4.90 Å². The second-order valence-electron chi connectivity index (χ2n) is 7.38. The van der Waals surface area contributed by atoms with Gasteiger partial charge in [-0.05, 0) is 46.1 Å². The Morgan fingerprint density at radius 1 is 1.20 bits per heavy atom. The number of carbonyl (C=O) groups is 1. The van der Waals surface area contributed by atoms with E-state index in [1.165, 1.54) is 5.56 Å². The number of rotatable bonds is 10. The number of carbonyl (C=O) groups excluding carboxylic acids is 1. The monoisotopic (exact) mass is 343 g/mol. The van der Waals surface area contributed by atoms with Crippen LogP contribution in [0.15, 0.2) is 55.6 Å². The second-order valence-corrected chi connectivity index (χ2v) is 7.38. The Bertz CT molecular complexity index is 545. The first-order chi connectivity index (χ1) is 11.8. The first kappa shape index (κ1) is 21.2. The van der Waals surface area contributed by atoms with E-state index >= 15 is 0 Å². The minimum atomic E-state index is -0.464. The summed E-state index contributed by atoms with van der Waals surface area (Å²) in [6.07, 6.45) is 5.91. The molecule has 0 spiro atoms. The van der Waals surface area contributed by atoms with Crippen LogP contribution in [0, 0.1) is 0 Å². The Hall–Kier alpha value is -1.87. The predicted octanol–water partition coefficient (Wildman–Crippen LogP) is 5.30. The third-order valence-electron chi connectivity index (χ3n) is 4.11. The molecule has 0 aliphatic carbocycles. The lowest BCUT2D eigenvalue weighted by Crippen LogP contribution is -2.40. The summed E-state index contributed by atoms with van der Waals surface area (Å²) in [5, 5.41) is 0. The molecule has 0 aliphatic rings. The zero-order valence-corrected chi connectivity index (χ0v) is 16.2. The van der Waals surface area contributed by atoms with Crippen LogP contribution in [0.3, 0.4) is 0 Å². The molecular formula is C22H33NO2. The summed E-state index contributed by atoms with van der Waals surface area (Å²) in [5.41, 5.74) is 0.770. The van der Waals surface area contributed by atoms with E-state index in [4.69, 9.17) is 4.74 Å². The lowest BCUT2D eigenvalue weighted by Gasteiger charge is -2.36. The smallest absolute Gasteiger partial charge is 0.307 e. The van der Waals surface area contributed by atoms with E-state index in [1.54, 1.807) is 0 Å². The van der Waals surface area contributed by atoms with Crippen molar-refractivity contribution in [3.63, 3.8) is 0 Å². The van der Waals surface area contributed by atoms with E-state index < -0.39 is 5.60 Å². The van der Waals surface area contributed by atoms with Gasteiger partial charge in [-0.1, -0.05) is 42.5 Å². The lowest BCUT2D eigenvalue weighted by molar-refractivity contribution is -0.156. The first-order valence-corrected chi connectivity index (χ1v) is 9.02. The van der Waals surface area contributed by atoms with Gasteiger partial charge in [-0.2, -0.15) is 0 Å². The topological polar surface area (TPSA) is 29.5 Å². The quantitative estimate of drug-likeness (QED) is 0.426. The van der Waals surface area contributed by atoms with Crippen LogP contribution in [0.25, 0.3) is 0 Å². The van der Waals surface area contributed by atoms with Gasteiger partial charge in [0.05, 0.1) is 6.42 Å². The molecule has 0 aliphatic heterocycles. The molecule has 0 aromatic heterocycles. The second kappa shape index (κ2) is 10.2. The maximum atomic E-state index is 12.4. The molecular weight excluding hydrogens is 310 g/mol. The first-order valence-electron chi connectivity index (χ1n) is 9.02. The summed E-state index contributed by atoms with van der Waals surface area (Å²) in [5.74, 6) is -0.157. The fourth-order valence-electron chi connectivity index (χ4n) is 2.97. The summed E-state index contributed by atoms with van der Waals surface area (Å²) in [7, 11) is 0. The van der Waals surface area contributed by atoms with Gasteiger partial charge in [-0.15, -0.1) is 13.2 Å². The number of benzene rings is 1. The standard InChI is InChI=1S/C22H33NO2/c1-7-9-15-20(17-21(24)25-22(4,5)6)23(16-8-2)18(3)19-13-11-10-12-14-19/h7-8,10-14,18,20H,1-2,9,15-17H2,3-6H3/t18-,20-/m1/s1. The van der Waals surface area contributed by atoms with Gasteiger partial charge in [0, 0.05) is 18.6 Å². The molecule has 0 saturated carbocycles. The van der Waals surface area contributed by atoms with Crippen molar-refractivity contribution in [1.29, 1.82) is 0 Å². The molecule has 0 saturated heterocycles. The van der Waals surface area contributed by atoms with Gasteiger partial charge in [0.25, 0.3) is 0 Å². The van der Waals surface area contributed by atoms with Crippen LogP contribution in [-0.2, 0) is 9.53 Å². The third kappa shape index (κ3) is 7.70. The molecule has 3 heteroatoms. The van der Waals surface area contributed by atoms with Crippen LogP contribution < -0.4 is 0 Å². The number of nitrogens with zero attached hydrogens (tertiary/aromatic N) is 1. The summed E-state index contributed by atoms with van der Waals surface area (Å²) in [4.78, 5) is 14.7. The van der Waals surface area contributed by atoms with Gasteiger partial charge < -0.3 is 4.74 Å². The summed E-state index contributed by atoms with van der Waals surface area (Å²) in [6.45, 7) is 16.3. The Labute approximate surface area is 153 Å². The number of allylic oxidation sites excluding steroid dienone is 1. The molecule has 0 heterocycles. The Balaban J connectivity index is 2.98. The predicted molar refractivity (Wildman–Crippen MR) is 105 cm³/mol. The molecule has 0 bridgehead atoms. The number of esters is 1. The van der Waals surface area contributed by atoms with Crippen LogP contribution in [-0.4, -0.2) is 29.1 Å². The molecule has 0 amide bonds. The Morgan fingerprint density at radius 3 is 2.36 bits per heavy atom. The zero-order valence-electron chi connectivity index (χ0n) is 16.2. The zero-order chi connectivity index (χ0) is 18.9. The molecule has 25 heavy (non-hydrogen) atoms. The number of hydrogen-bond donors (Lipinski definition) is 0. The molecule has 1 aromatic rings. The third-order valence-corrected chi connectivity index (χ3v) is 4.11. The van der Waals surface area contributed by atoms with E-state index in [0.717, 1.165) is 19.4 Å². The van der Waals surface area contributed by atoms with E-state index in [-0.39, 0.29) is 18.1 Å². The fraction of sp³-hybridized carbons (Fsp3) is 0.500. The van der Waals surface area contributed by atoms with Crippen molar-refractivity contribution >= 4 is 5.97 Å². The summed E-state index contributed by atoms with van der Waals surface area (Å²) in [6, 6.07) is 10.6. The van der Waals surface area contributed by atoms with Crippen LogP contribution >= 0.6 is 0 Å². The maximum Gasteiger partial charge on any atom is 0.307 e. The van der Waals surface area contributed by atoms with Crippen molar-refractivity contribution in [3.8, 4) is 0 Å². The number of ether oxygens (including phenoxy) is 1. The molecule has 2 atom stereocenters. The van der Waals surface area contributed by atoms with Crippen molar-refractivity contribution in [2.75, 3.05) is 6.54 Å². The highest BCUT2D eigenvalue weighted by atomic mass is 16.6. The molecule has 138 valence electrons. The van der Waals surface area contributed by atoms with Crippen molar-refractivity contribution < 1.29 is 9.53 Å². The highest BCUT2D eigenvalue weighted by Gasteiger charge is 2.27. The summed E-state index contributed by atoms with van der Waals surface area (Å²) < 4.78 is 5.54. The van der Waals surface area contributed by atoms with Gasteiger partial charge in [0.2, 0.25) is 0 Å². The van der Waals surface area contributed by atoms with Crippen LogP contribution in [0.2, 0.25) is 0 Å². The van der Waals surface area contributed by atoms with Crippen molar-refractivity contribution in [2.45, 2.75) is 64.6 Å². The number of hydrogen-bond acceptors (Lipinski definition) is 3. The van der Waals surface area contributed by atoms with Gasteiger partial charge >= 0.3 is 5.97 Å². The van der Waals surface area contributed by atoms with E-state index in [1.807, 2.05) is 51.1 Å². The van der Waals surface area contributed by atoms with E-state index in [0.29, 0.717) is 6.42 Å². The Morgan fingerprint density at radius 2 is 1.84 bits per heavy atom. The lowest BCUT2D eigenvalue weighted by atomic mass is 10.00. The minimum absolute atomic E-state index is 0.0843. The van der Waals surface area contributed by atoms with Crippen LogP contribution in [0.5, 0.6) is 0 Å². The molecule has 0 N–H and O–H groups in total. The van der Waals surface area contributed by atoms with Crippen molar-refractivity contribution in [2.24, 2.45) is 0 Å². The molecule has 0 radical (unpaired) electrons. The largest absolute Gasteiger partial charge is 0.460 e. The highest BCUT2D eigenvalue weighted by molar-refractivity contribution is 5.70. The molecule has 3 nitrogen and oxygen atoms in total. The average Bonchev–Trinajstić information content (AvgIpc) is 2.55. The van der Waals surface area contributed by atoms with E-state index in [2.05, 4.69) is 37.1 Å². The van der Waals surface area contributed by atoms with Gasteiger partial charge in [0.1, 0.15) is 5.60 Å². The van der Waals surface area contributed by atoms with Gasteiger partial charge in [-0.3, -0.25) is 9.69 Å². The SMILES string of the molecule is C=CCC[C@H](CC(=O)OC(C)(C)C)N(CC=C)[C@H](C)c1ccccc1. The minimum Gasteiger partial charge on any atom is -0.460 e. The Kier molecular flexibility index (Phi) is 8.64. The molecule has 0 fully saturated rings. The summed E-state index contributed by atoms with van der Waals surface area (Å²) >= 11 is 0. The van der Waals surface area contributed by atoms with E-state index in [9.17, 15) is 4.79 Å². The fourth-order valence-corrected chi connectivity index (χ4v) is 2.97. The normalized spacial score (nSPS) is 14.0. The molecule has 1 aromatic carbocycles.